The van der Waals surface area contributed by atoms with Gasteiger partial charge in [-0.2, -0.15) is 0 Å². The molecule has 0 spiro atoms. The molecule has 0 amide bonds. The predicted octanol–water partition coefficient (Wildman–Crippen LogP) is 2.50. The molecule has 3 heteroatoms. The molecule has 0 saturated heterocycles. The lowest BCUT2D eigenvalue weighted by molar-refractivity contribution is 0.0172. The van der Waals surface area contributed by atoms with Gasteiger partial charge in [0.25, 0.3) is 5.92 Å². The first kappa shape index (κ1) is 7.98. The number of hydrogen-bond acceptors (Lipinski definition) is 1. The molecular weight excluding hydrogens is 150 g/mol. The highest BCUT2D eigenvalue weighted by atomic mass is 19.3. The molecule has 0 atom stereocenters. The summed E-state index contributed by atoms with van der Waals surface area (Å²) in [6.07, 6.45) is 0. The fraction of sp³-hybridized carbons (Fsp3) is 0.250. The molecule has 0 aliphatic heterocycles. The van der Waals surface area contributed by atoms with Gasteiger partial charge in [0.15, 0.2) is 0 Å². The molecule has 1 aromatic rings. The van der Waals surface area contributed by atoms with Crippen LogP contribution in [0.3, 0.4) is 0 Å². The van der Waals surface area contributed by atoms with Gasteiger partial charge in [-0.05, 0) is 12.1 Å². The van der Waals surface area contributed by atoms with E-state index in [9.17, 15) is 8.78 Å². The van der Waals surface area contributed by atoms with E-state index < -0.39 is 5.92 Å². The van der Waals surface area contributed by atoms with Crippen LogP contribution < -0.4 is 0 Å². The Morgan fingerprint density at radius 2 is 2.00 bits per heavy atom. The quantitative estimate of drug-likeness (QED) is 0.665. The van der Waals surface area contributed by atoms with Crippen LogP contribution in [0, 0.1) is 0 Å². The first-order chi connectivity index (χ1) is 5.00. The molecule has 1 rings (SSSR count). The molecule has 11 heavy (non-hydrogen) atoms. The zero-order valence-corrected chi connectivity index (χ0v) is 6.01. The second-order valence-electron chi connectivity index (χ2n) is 2.44. The van der Waals surface area contributed by atoms with Gasteiger partial charge in [0.1, 0.15) is 5.75 Å². The minimum Gasteiger partial charge on any atom is -0.508 e. The van der Waals surface area contributed by atoms with Crippen LogP contribution in [0.1, 0.15) is 12.5 Å². The summed E-state index contributed by atoms with van der Waals surface area (Å²) in [4.78, 5) is 0. The maximum absolute atomic E-state index is 12.5. The monoisotopic (exact) mass is 158 g/mol. The molecule has 0 radical (unpaired) electrons. The van der Waals surface area contributed by atoms with Crippen LogP contribution in [-0.2, 0) is 5.92 Å². The predicted molar refractivity (Wildman–Crippen MR) is 37.7 cm³/mol. The highest BCUT2D eigenvalue weighted by Crippen LogP contribution is 2.28. The van der Waals surface area contributed by atoms with Crippen LogP contribution >= 0.6 is 0 Å². The average molecular weight is 158 g/mol. The molecule has 0 saturated carbocycles. The van der Waals surface area contributed by atoms with E-state index in [1.54, 1.807) is 0 Å². The number of benzene rings is 1. The van der Waals surface area contributed by atoms with Crippen molar-refractivity contribution in [1.82, 2.24) is 0 Å². The van der Waals surface area contributed by atoms with E-state index >= 15 is 0 Å². The minimum absolute atomic E-state index is 0.135. The summed E-state index contributed by atoms with van der Waals surface area (Å²) in [7, 11) is 0. The van der Waals surface area contributed by atoms with Crippen LogP contribution in [0.4, 0.5) is 8.78 Å². The molecule has 1 nitrogen and oxygen atoms in total. The number of alkyl halides is 2. The summed E-state index contributed by atoms with van der Waals surface area (Å²) >= 11 is 0. The van der Waals surface area contributed by atoms with Gasteiger partial charge in [-0.25, -0.2) is 8.78 Å². The molecule has 1 aromatic carbocycles. The van der Waals surface area contributed by atoms with E-state index in [4.69, 9.17) is 5.11 Å². The van der Waals surface area contributed by atoms with Gasteiger partial charge in [0.05, 0.1) is 0 Å². The molecule has 0 fully saturated rings. The highest BCUT2D eigenvalue weighted by Gasteiger charge is 2.23. The van der Waals surface area contributed by atoms with Gasteiger partial charge in [-0.15, -0.1) is 0 Å². The lowest BCUT2D eigenvalue weighted by Crippen LogP contribution is -2.05. The average Bonchev–Trinajstić information content (AvgIpc) is 1.86. The van der Waals surface area contributed by atoms with E-state index in [0.29, 0.717) is 0 Å². The Morgan fingerprint density at radius 1 is 1.36 bits per heavy atom. The summed E-state index contributed by atoms with van der Waals surface area (Å²) in [6, 6.07) is 5.08. The van der Waals surface area contributed by atoms with Crippen molar-refractivity contribution < 1.29 is 13.9 Å². The molecular formula is C8H8F2O. The first-order valence-electron chi connectivity index (χ1n) is 3.17. The van der Waals surface area contributed by atoms with Gasteiger partial charge in [0, 0.05) is 12.5 Å². The Morgan fingerprint density at radius 3 is 2.36 bits per heavy atom. The van der Waals surface area contributed by atoms with Gasteiger partial charge >= 0.3 is 0 Å². The van der Waals surface area contributed by atoms with Crippen molar-refractivity contribution in [1.29, 1.82) is 0 Å². The maximum atomic E-state index is 12.5. The largest absolute Gasteiger partial charge is 0.508 e. The van der Waals surface area contributed by atoms with Crippen molar-refractivity contribution in [2.45, 2.75) is 12.8 Å². The Hall–Kier alpha value is -1.12. The molecule has 0 aromatic heterocycles. The summed E-state index contributed by atoms with van der Waals surface area (Å²) in [5.41, 5.74) is -0.169. The lowest BCUT2D eigenvalue weighted by atomic mass is 10.1. The SMILES string of the molecule is CC(F)(F)c1cccc(O)c1. The van der Waals surface area contributed by atoms with Gasteiger partial charge in [-0.1, -0.05) is 12.1 Å². The van der Waals surface area contributed by atoms with E-state index in [1.807, 2.05) is 0 Å². The molecule has 0 bridgehead atoms. The van der Waals surface area contributed by atoms with Crippen LogP contribution in [0.15, 0.2) is 24.3 Å². The van der Waals surface area contributed by atoms with E-state index in [0.717, 1.165) is 13.0 Å². The lowest BCUT2D eigenvalue weighted by Gasteiger charge is -2.09. The number of aromatic hydroxyl groups is 1. The summed E-state index contributed by atoms with van der Waals surface area (Å²) < 4.78 is 25.0. The Kier molecular flexibility index (Phi) is 1.81. The van der Waals surface area contributed by atoms with Gasteiger partial charge in [0.2, 0.25) is 0 Å². The topological polar surface area (TPSA) is 20.2 Å². The minimum atomic E-state index is -2.88. The third-order valence-corrected chi connectivity index (χ3v) is 1.35. The number of phenolic OH excluding ortho intramolecular Hbond substituents is 1. The van der Waals surface area contributed by atoms with Crippen molar-refractivity contribution in [2.24, 2.45) is 0 Å². The molecule has 0 unspecified atom stereocenters. The Bertz CT molecular complexity index is 253. The summed E-state index contributed by atoms with van der Waals surface area (Å²) in [5.74, 6) is -3.01. The van der Waals surface area contributed by atoms with Crippen molar-refractivity contribution >= 4 is 0 Å². The van der Waals surface area contributed by atoms with Crippen molar-refractivity contribution in [3.05, 3.63) is 29.8 Å². The normalized spacial score (nSPS) is 11.5. The van der Waals surface area contributed by atoms with Crippen LogP contribution in [-0.4, -0.2) is 5.11 Å². The molecule has 0 aliphatic rings. The fourth-order valence-electron chi connectivity index (χ4n) is 0.779. The Balaban J connectivity index is 3.06. The molecule has 0 aliphatic carbocycles. The number of rotatable bonds is 1. The van der Waals surface area contributed by atoms with E-state index in [2.05, 4.69) is 0 Å². The Labute approximate surface area is 63.3 Å². The standard InChI is InChI=1S/C8H8F2O/c1-8(9,10)6-3-2-4-7(11)5-6/h2-5,11H,1H3. The number of halogens is 2. The zero-order chi connectivity index (χ0) is 8.48. The van der Waals surface area contributed by atoms with E-state index in [-0.39, 0.29) is 11.3 Å². The van der Waals surface area contributed by atoms with Crippen molar-refractivity contribution in [3.63, 3.8) is 0 Å². The third kappa shape index (κ3) is 1.90. The van der Waals surface area contributed by atoms with Crippen molar-refractivity contribution in [2.75, 3.05) is 0 Å². The first-order valence-corrected chi connectivity index (χ1v) is 3.17. The zero-order valence-electron chi connectivity index (χ0n) is 6.01. The molecule has 60 valence electrons. The van der Waals surface area contributed by atoms with Crippen molar-refractivity contribution in [3.8, 4) is 5.75 Å². The van der Waals surface area contributed by atoms with Crippen LogP contribution in [0.5, 0.6) is 5.75 Å². The smallest absolute Gasteiger partial charge is 0.270 e. The highest BCUT2D eigenvalue weighted by molar-refractivity contribution is 5.29. The summed E-state index contributed by atoms with van der Waals surface area (Å²) in [5, 5.41) is 8.84. The fourth-order valence-corrected chi connectivity index (χ4v) is 0.779. The summed E-state index contributed by atoms with van der Waals surface area (Å²) in [6.45, 7) is 0.793. The molecule has 0 heterocycles. The van der Waals surface area contributed by atoms with Gasteiger partial charge in [-0.3, -0.25) is 0 Å². The molecule has 1 N–H and O–H groups in total. The van der Waals surface area contributed by atoms with Crippen LogP contribution in [0.2, 0.25) is 0 Å². The van der Waals surface area contributed by atoms with Gasteiger partial charge < -0.3 is 5.11 Å². The number of phenols is 1. The second-order valence-corrected chi connectivity index (χ2v) is 2.44. The second kappa shape index (κ2) is 2.49. The van der Waals surface area contributed by atoms with E-state index in [1.165, 1.54) is 18.2 Å². The van der Waals surface area contributed by atoms with Crippen LogP contribution in [0.25, 0.3) is 0 Å². The number of hydrogen-bond donors (Lipinski definition) is 1. The maximum Gasteiger partial charge on any atom is 0.270 e. The third-order valence-electron chi connectivity index (χ3n) is 1.35.